The molecule has 1 N–H and O–H groups in total. The minimum atomic E-state index is 0.108. The smallest absolute Gasteiger partial charge is 0.0593 e. The average Bonchev–Trinajstić information content (AvgIpc) is 2.48. The van der Waals surface area contributed by atoms with Gasteiger partial charge in [0.05, 0.1) is 13.2 Å². The van der Waals surface area contributed by atoms with Gasteiger partial charge in [0.15, 0.2) is 0 Å². The van der Waals surface area contributed by atoms with E-state index in [0.29, 0.717) is 6.61 Å². The molecule has 0 aromatic carbocycles. The molecular weight excluding hydrogens is 254 g/mol. The molecule has 0 saturated heterocycles. The SMILES string of the molecule is CCOCCN(CCOCC)CC1(CO)CCCCC1. The number of ether oxygens (including phenoxy) is 2. The molecule has 0 aromatic rings. The first-order valence-corrected chi connectivity index (χ1v) is 8.25. The van der Waals surface area contributed by atoms with E-state index in [1.807, 2.05) is 13.8 Å². The topological polar surface area (TPSA) is 41.9 Å². The minimum absolute atomic E-state index is 0.108. The van der Waals surface area contributed by atoms with Crippen molar-refractivity contribution in [2.45, 2.75) is 46.0 Å². The summed E-state index contributed by atoms with van der Waals surface area (Å²) in [7, 11) is 0. The molecule has 0 spiro atoms. The Balaban J connectivity index is 2.46. The highest BCUT2D eigenvalue weighted by Crippen LogP contribution is 2.36. The van der Waals surface area contributed by atoms with Crippen molar-refractivity contribution in [2.75, 3.05) is 52.7 Å². The molecule has 1 aliphatic rings. The summed E-state index contributed by atoms with van der Waals surface area (Å²) in [6.45, 7) is 10.3. The minimum Gasteiger partial charge on any atom is -0.396 e. The number of hydrogen-bond acceptors (Lipinski definition) is 4. The van der Waals surface area contributed by atoms with Crippen LogP contribution in [0.3, 0.4) is 0 Å². The third-order valence-electron chi connectivity index (χ3n) is 4.32. The fourth-order valence-electron chi connectivity index (χ4n) is 3.09. The molecule has 0 radical (unpaired) electrons. The van der Waals surface area contributed by atoms with Gasteiger partial charge in [-0.2, -0.15) is 0 Å². The zero-order valence-electron chi connectivity index (χ0n) is 13.4. The second-order valence-corrected chi connectivity index (χ2v) is 5.89. The molecule has 1 rings (SSSR count). The molecule has 20 heavy (non-hydrogen) atoms. The van der Waals surface area contributed by atoms with Gasteiger partial charge < -0.3 is 14.6 Å². The maximum Gasteiger partial charge on any atom is 0.0593 e. The maximum absolute atomic E-state index is 9.84. The van der Waals surface area contributed by atoms with Gasteiger partial charge in [-0.3, -0.25) is 4.90 Å². The van der Waals surface area contributed by atoms with Crippen LogP contribution in [-0.2, 0) is 9.47 Å². The zero-order valence-corrected chi connectivity index (χ0v) is 13.4. The normalized spacial score (nSPS) is 18.6. The number of aliphatic hydroxyl groups excluding tert-OH is 1. The lowest BCUT2D eigenvalue weighted by Crippen LogP contribution is -2.44. The number of nitrogens with zero attached hydrogens (tertiary/aromatic N) is 1. The lowest BCUT2D eigenvalue weighted by Gasteiger charge is -2.40. The van der Waals surface area contributed by atoms with Crippen LogP contribution in [0, 0.1) is 5.41 Å². The number of aliphatic hydroxyl groups is 1. The Kier molecular flexibility index (Phi) is 9.44. The molecule has 0 atom stereocenters. The summed E-state index contributed by atoms with van der Waals surface area (Å²) in [5.74, 6) is 0. The lowest BCUT2D eigenvalue weighted by atomic mass is 9.74. The van der Waals surface area contributed by atoms with Gasteiger partial charge in [-0.05, 0) is 26.7 Å². The van der Waals surface area contributed by atoms with Crippen LogP contribution in [0.1, 0.15) is 46.0 Å². The lowest BCUT2D eigenvalue weighted by molar-refractivity contribution is 0.0158. The van der Waals surface area contributed by atoms with Gasteiger partial charge >= 0.3 is 0 Å². The summed E-state index contributed by atoms with van der Waals surface area (Å²) in [6, 6.07) is 0. The maximum atomic E-state index is 9.84. The third-order valence-corrected chi connectivity index (χ3v) is 4.32. The predicted molar refractivity (Wildman–Crippen MR) is 82.0 cm³/mol. The van der Waals surface area contributed by atoms with Crippen molar-refractivity contribution in [3.8, 4) is 0 Å². The molecule has 4 nitrogen and oxygen atoms in total. The van der Waals surface area contributed by atoms with E-state index < -0.39 is 0 Å². The van der Waals surface area contributed by atoms with Gasteiger partial charge in [0, 0.05) is 44.9 Å². The molecule has 0 aliphatic heterocycles. The van der Waals surface area contributed by atoms with E-state index in [1.54, 1.807) is 0 Å². The van der Waals surface area contributed by atoms with E-state index in [4.69, 9.17) is 9.47 Å². The molecule has 0 aromatic heterocycles. The molecule has 0 heterocycles. The Bertz CT molecular complexity index is 220. The number of rotatable bonds is 11. The largest absolute Gasteiger partial charge is 0.396 e. The van der Waals surface area contributed by atoms with Crippen LogP contribution in [0.15, 0.2) is 0 Å². The number of hydrogen-bond donors (Lipinski definition) is 1. The van der Waals surface area contributed by atoms with E-state index in [0.717, 1.165) is 58.9 Å². The molecule has 1 saturated carbocycles. The summed E-state index contributed by atoms with van der Waals surface area (Å²) in [5.41, 5.74) is 0.108. The van der Waals surface area contributed by atoms with Crippen molar-refractivity contribution in [1.82, 2.24) is 4.90 Å². The molecule has 4 heteroatoms. The van der Waals surface area contributed by atoms with Gasteiger partial charge in [0.25, 0.3) is 0 Å². The molecule has 0 unspecified atom stereocenters. The Morgan fingerprint density at radius 3 is 1.95 bits per heavy atom. The molecule has 1 fully saturated rings. The van der Waals surface area contributed by atoms with Crippen LogP contribution in [-0.4, -0.2) is 62.7 Å². The molecule has 0 bridgehead atoms. The van der Waals surface area contributed by atoms with Crippen LogP contribution < -0.4 is 0 Å². The molecular formula is C16H33NO3. The first-order chi connectivity index (χ1) is 9.76. The zero-order chi connectivity index (χ0) is 14.7. The first-order valence-electron chi connectivity index (χ1n) is 8.25. The van der Waals surface area contributed by atoms with Gasteiger partial charge in [-0.15, -0.1) is 0 Å². The Morgan fingerprint density at radius 2 is 1.50 bits per heavy atom. The fourth-order valence-corrected chi connectivity index (χ4v) is 3.09. The van der Waals surface area contributed by atoms with Crippen LogP contribution in [0.4, 0.5) is 0 Å². The highest BCUT2D eigenvalue weighted by atomic mass is 16.5. The van der Waals surface area contributed by atoms with Crippen molar-refractivity contribution in [2.24, 2.45) is 5.41 Å². The van der Waals surface area contributed by atoms with Gasteiger partial charge in [-0.25, -0.2) is 0 Å². The van der Waals surface area contributed by atoms with Crippen molar-refractivity contribution in [3.05, 3.63) is 0 Å². The monoisotopic (exact) mass is 287 g/mol. The van der Waals surface area contributed by atoms with E-state index in [-0.39, 0.29) is 5.41 Å². The van der Waals surface area contributed by atoms with Crippen molar-refractivity contribution < 1.29 is 14.6 Å². The van der Waals surface area contributed by atoms with Crippen LogP contribution in [0.25, 0.3) is 0 Å². The summed E-state index contributed by atoms with van der Waals surface area (Å²) in [6.07, 6.45) is 6.14. The summed E-state index contributed by atoms with van der Waals surface area (Å²) >= 11 is 0. The van der Waals surface area contributed by atoms with E-state index >= 15 is 0 Å². The first kappa shape index (κ1) is 17.9. The standard InChI is InChI=1S/C16H33NO3/c1-3-19-12-10-17(11-13-20-4-2)14-16(15-18)8-6-5-7-9-16/h18H,3-15H2,1-2H3. The second-order valence-electron chi connectivity index (χ2n) is 5.89. The van der Waals surface area contributed by atoms with E-state index in [9.17, 15) is 5.11 Å². The predicted octanol–water partition coefficient (Wildman–Crippen LogP) is 2.30. The Labute approximate surface area is 124 Å². The van der Waals surface area contributed by atoms with Crippen molar-refractivity contribution in [1.29, 1.82) is 0 Å². The quantitative estimate of drug-likeness (QED) is 0.592. The van der Waals surface area contributed by atoms with E-state index in [1.165, 1.54) is 19.3 Å². The Morgan fingerprint density at radius 1 is 0.950 bits per heavy atom. The highest BCUT2D eigenvalue weighted by Gasteiger charge is 2.33. The van der Waals surface area contributed by atoms with Crippen LogP contribution in [0.5, 0.6) is 0 Å². The van der Waals surface area contributed by atoms with Crippen molar-refractivity contribution in [3.63, 3.8) is 0 Å². The molecule has 0 amide bonds. The highest BCUT2D eigenvalue weighted by molar-refractivity contribution is 4.85. The van der Waals surface area contributed by atoms with Crippen LogP contribution in [0.2, 0.25) is 0 Å². The van der Waals surface area contributed by atoms with Crippen LogP contribution >= 0.6 is 0 Å². The fraction of sp³-hybridized carbons (Fsp3) is 1.00. The summed E-state index contributed by atoms with van der Waals surface area (Å²) in [5, 5.41) is 9.84. The van der Waals surface area contributed by atoms with Crippen molar-refractivity contribution >= 4 is 0 Å². The second kappa shape index (κ2) is 10.6. The molecule has 1 aliphatic carbocycles. The van der Waals surface area contributed by atoms with E-state index in [2.05, 4.69) is 4.90 Å². The molecule has 120 valence electrons. The average molecular weight is 287 g/mol. The van der Waals surface area contributed by atoms with Gasteiger partial charge in [0.2, 0.25) is 0 Å². The summed E-state index contributed by atoms with van der Waals surface area (Å²) < 4.78 is 11.0. The third kappa shape index (κ3) is 6.53. The van der Waals surface area contributed by atoms with Gasteiger partial charge in [0.1, 0.15) is 0 Å². The Hall–Kier alpha value is -0.160. The van der Waals surface area contributed by atoms with Gasteiger partial charge in [-0.1, -0.05) is 19.3 Å². The summed E-state index contributed by atoms with van der Waals surface area (Å²) in [4.78, 5) is 2.41.